The Morgan fingerprint density at radius 2 is 2.00 bits per heavy atom. The van der Waals surface area contributed by atoms with E-state index >= 15 is 0 Å². The molecule has 1 aliphatic heterocycles. The van der Waals surface area contributed by atoms with Crippen molar-refractivity contribution in [1.82, 2.24) is 5.32 Å². The molecular formula is C19H19ClN4O2S. The lowest BCUT2D eigenvalue weighted by Gasteiger charge is -2.37. The van der Waals surface area contributed by atoms with Crippen LogP contribution in [0.25, 0.3) is 0 Å². The van der Waals surface area contributed by atoms with Crippen molar-refractivity contribution in [1.29, 1.82) is 0 Å². The van der Waals surface area contributed by atoms with E-state index in [9.17, 15) is 9.59 Å². The summed E-state index contributed by atoms with van der Waals surface area (Å²) in [5.41, 5.74) is 2.79. The lowest BCUT2D eigenvalue weighted by molar-refractivity contribution is -0.122. The maximum absolute atomic E-state index is 12.7. The van der Waals surface area contributed by atoms with E-state index in [-0.39, 0.29) is 18.2 Å². The van der Waals surface area contributed by atoms with Crippen molar-refractivity contribution >= 4 is 57.8 Å². The molecule has 1 heterocycles. The molecule has 0 aliphatic carbocycles. The second kappa shape index (κ2) is 7.94. The fourth-order valence-electron chi connectivity index (χ4n) is 2.97. The second-order valence-electron chi connectivity index (χ2n) is 6.11. The van der Waals surface area contributed by atoms with Gasteiger partial charge in [-0.15, -0.1) is 0 Å². The van der Waals surface area contributed by atoms with Gasteiger partial charge in [0, 0.05) is 17.8 Å². The van der Waals surface area contributed by atoms with Crippen LogP contribution in [0.15, 0.2) is 42.5 Å². The van der Waals surface area contributed by atoms with Crippen LogP contribution in [-0.2, 0) is 9.59 Å². The summed E-state index contributed by atoms with van der Waals surface area (Å²) in [4.78, 5) is 27.0. The highest BCUT2D eigenvalue weighted by molar-refractivity contribution is 7.80. The number of nitrogens with zero attached hydrogens (tertiary/aromatic N) is 1. The molecule has 0 bridgehead atoms. The molecule has 6 nitrogen and oxygen atoms in total. The Labute approximate surface area is 167 Å². The third kappa shape index (κ3) is 3.89. The lowest BCUT2D eigenvalue weighted by atomic mass is 10.0. The minimum Gasteiger partial charge on any atom is -0.365 e. The van der Waals surface area contributed by atoms with Crippen molar-refractivity contribution in [3.8, 4) is 0 Å². The van der Waals surface area contributed by atoms with E-state index in [4.69, 9.17) is 23.8 Å². The molecule has 0 radical (unpaired) electrons. The molecule has 2 amide bonds. The van der Waals surface area contributed by atoms with Crippen LogP contribution >= 0.6 is 23.8 Å². The van der Waals surface area contributed by atoms with Crippen LogP contribution in [0, 0.1) is 6.92 Å². The van der Waals surface area contributed by atoms with Crippen molar-refractivity contribution in [3.05, 3.63) is 53.1 Å². The molecule has 1 aliphatic rings. The average molecular weight is 403 g/mol. The zero-order chi connectivity index (χ0) is 19.6. The molecule has 0 unspecified atom stereocenters. The van der Waals surface area contributed by atoms with Gasteiger partial charge in [0.25, 0.3) is 0 Å². The predicted molar refractivity (Wildman–Crippen MR) is 112 cm³/mol. The number of carbonyl (C=O) groups is 2. The van der Waals surface area contributed by atoms with Gasteiger partial charge in [-0.3, -0.25) is 9.59 Å². The Bertz CT molecular complexity index is 918. The van der Waals surface area contributed by atoms with Gasteiger partial charge in [-0.05, 0) is 49.0 Å². The lowest BCUT2D eigenvalue weighted by Crippen LogP contribution is -2.54. The largest absolute Gasteiger partial charge is 0.365 e. The molecule has 0 spiro atoms. The fourth-order valence-corrected chi connectivity index (χ4v) is 3.37. The van der Waals surface area contributed by atoms with Crippen LogP contribution in [0.5, 0.6) is 0 Å². The molecule has 8 heteroatoms. The Hall–Kier alpha value is -2.64. The summed E-state index contributed by atoms with van der Waals surface area (Å²) in [6.07, 6.45) is -0.0616. The second-order valence-corrected chi connectivity index (χ2v) is 6.91. The predicted octanol–water partition coefficient (Wildman–Crippen LogP) is 3.31. The number of nitrogens with one attached hydrogen (secondary N) is 3. The summed E-state index contributed by atoms with van der Waals surface area (Å²) in [6, 6.07) is 11.9. The maximum Gasteiger partial charge on any atom is 0.248 e. The zero-order valence-electron chi connectivity index (χ0n) is 14.9. The highest BCUT2D eigenvalue weighted by Crippen LogP contribution is 2.33. The Morgan fingerprint density at radius 1 is 1.26 bits per heavy atom. The number of para-hydroxylation sites is 2. The maximum atomic E-state index is 12.7. The van der Waals surface area contributed by atoms with Gasteiger partial charge in [0.15, 0.2) is 5.11 Å². The Balaban J connectivity index is 1.85. The first-order valence-electron chi connectivity index (χ1n) is 8.38. The summed E-state index contributed by atoms with van der Waals surface area (Å²) in [5.74, 6) is -0.590. The van der Waals surface area contributed by atoms with Gasteiger partial charge in [0.1, 0.15) is 6.04 Å². The number of carbonyl (C=O) groups excluding carboxylic acids is 2. The normalized spacial score (nSPS) is 15.6. The summed E-state index contributed by atoms with van der Waals surface area (Å²) in [7, 11) is 1.68. The monoisotopic (exact) mass is 402 g/mol. The number of halogens is 1. The molecule has 140 valence electrons. The third-order valence-corrected chi connectivity index (χ3v) is 5.20. The summed E-state index contributed by atoms with van der Waals surface area (Å²) in [6.45, 7) is 1.82. The zero-order valence-corrected chi connectivity index (χ0v) is 16.4. The number of fused-ring (bicyclic) bond motifs is 1. The first kappa shape index (κ1) is 19.1. The summed E-state index contributed by atoms with van der Waals surface area (Å²) >= 11 is 11.5. The molecule has 1 atom stereocenters. The number of rotatable bonds is 3. The minimum absolute atomic E-state index is 0.0616. The molecule has 0 aromatic heterocycles. The minimum atomic E-state index is -0.764. The molecule has 2 aromatic rings. The van der Waals surface area contributed by atoms with Crippen molar-refractivity contribution in [2.24, 2.45) is 0 Å². The van der Waals surface area contributed by atoms with Crippen LogP contribution in [0.4, 0.5) is 17.1 Å². The average Bonchev–Trinajstić information content (AvgIpc) is 2.65. The molecule has 3 rings (SSSR count). The van der Waals surface area contributed by atoms with Gasteiger partial charge in [0.05, 0.1) is 17.8 Å². The van der Waals surface area contributed by atoms with Crippen LogP contribution in [0.1, 0.15) is 12.0 Å². The molecule has 27 heavy (non-hydrogen) atoms. The van der Waals surface area contributed by atoms with E-state index in [1.165, 1.54) is 0 Å². The van der Waals surface area contributed by atoms with Crippen molar-refractivity contribution in [2.75, 3.05) is 22.6 Å². The summed E-state index contributed by atoms with van der Waals surface area (Å²) < 4.78 is 0. The first-order valence-corrected chi connectivity index (χ1v) is 9.16. The van der Waals surface area contributed by atoms with E-state index in [0.717, 1.165) is 11.3 Å². The Morgan fingerprint density at radius 3 is 2.74 bits per heavy atom. The van der Waals surface area contributed by atoms with Crippen molar-refractivity contribution in [3.63, 3.8) is 0 Å². The van der Waals surface area contributed by atoms with Gasteiger partial charge >= 0.3 is 0 Å². The topological polar surface area (TPSA) is 73.5 Å². The van der Waals surface area contributed by atoms with E-state index in [2.05, 4.69) is 16.0 Å². The molecule has 0 saturated carbocycles. The number of hydrogen-bond acceptors (Lipinski definition) is 3. The van der Waals surface area contributed by atoms with E-state index in [0.29, 0.717) is 21.5 Å². The molecule has 2 aromatic carbocycles. The third-order valence-electron chi connectivity index (χ3n) is 4.39. The van der Waals surface area contributed by atoms with Gasteiger partial charge in [-0.25, -0.2) is 0 Å². The first-order chi connectivity index (χ1) is 12.9. The highest BCUT2D eigenvalue weighted by Gasteiger charge is 2.36. The van der Waals surface area contributed by atoms with Crippen molar-refractivity contribution < 1.29 is 9.59 Å². The molecule has 0 saturated heterocycles. The van der Waals surface area contributed by atoms with Crippen LogP contribution < -0.4 is 20.9 Å². The van der Waals surface area contributed by atoms with Crippen molar-refractivity contribution in [2.45, 2.75) is 19.4 Å². The van der Waals surface area contributed by atoms with Gasteiger partial charge in [-0.1, -0.05) is 29.8 Å². The fraction of sp³-hybridized carbons (Fsp3) is 0.211. The smallest absolute Gasteiger partial charge is 0.248 e. The van der Waals surface area contributed by atoms with Crippen LogP contribution in [0.3, 0.4) is 0 Å². The molecule has 3 N–H and O–H groups in total. The van der Waals surface area contributed by atoms with E-state index in [1.807, 2.05) is 25.1 Å². The highest BCUT2D eigenvalue weighted by atomic mass is 35.5. The van der Waals surface area contributed by atoms with Gasteiger partial charge in [0.2, 0.25) is 11.8 Å². The standard InChI is InChI=1S/C19H19ClN4O2S/c1-11-12(20)6-5-8-13(11)22-17(25)10-16-18(26)23-14-7-3-4-9-15(14)24(16)19(27)21-2/h3-9,16H,10H2,1-2H3,(H,21,27)(H,22,25)(H,23,26)/t16-/m0/s1. The van der Waals surface area contributed by atoms with Crippen LogP contribution in [0.2, 0.25) is 5.02 Å². The van der Waals surface area contributed by atoms with E-state index in [1.54, 1.807) is 36.2 Å². The van der Waals surface area contributed by atoms with Gasteiger partial charge < -0.3 is 20.9 Å². The SMILES string of the molecule is CNC(=S)N1c2ccccc2NC(=O)[C@@H]1CC(=O)Nc1cccc(Cl)c1C. The quantitative estimate of drug-likeness (QED) is 0.687. The number of benzene rings is 2. The molecule has 0 fully saturated rings. The number of anilines is 3. The number of hydrogen-bond donors (Lipinski definition) is 3. The van der Waals surface area contributed by atoms with Crippen LogP contribution in [-0.4, -0.2) is 30.0 Å². The molecular weight excluding hydrogens is 384 g/mol. The summed E-state index contributed by atoms with van der Waals surface area (Å²) in [5, 5.41) is 9.49. The van der Waals surface area contributed by atoms with E-state index < -0.39 is 6.04 Å². The number of thiocarbonyl (C=S) groups is 1. The van der Waals surface area contributed by atoms with Gasteiger partial charge in [-0.2, -0.15) is 0 Å². The Kier molecular flexibility index (Phi) is 5.62. The number of amides is 2.